The van der Waals surface area contributed by atoms with Crippen LogP contribution < -0.4 is 11.1 Å². The maximum Gasteiger partial charge on any atom is 0.341 e. The third kappa shape index (κ3) is 5.17. The Bertz CT molecular complexity index is 656. The topological polar surface area (TPSA) is 125 Å². The lowest BCUT2D eigenvalue weighted by Gasteiger charge is -2.22. The van der Waals surface area contributed by atoms with Gasteiger partial charge in [-0.2, -0.15) is 0 Å². The van der Waals surface area contributed by atoms with Crippen LogP contribution >= 0.6 is 0 Å². The highest BCUT2D eigenvalue weighted by Crippen LogP contribution is 2.23. The number of nitrogens with one attached hydrogen (secondary N) is 1. The minimum Gasteiger partial charge on any atom is -0.449 e. The van der Waals surface area contributed by atoms with E-state index in [1.54, 1.807) is 0 Å². The number of carbonyl (C=O) groups excluding carboxylic acids is 2. The Morgan fingerprint density at radius 1 is 1.36 bits per heavy atom. The van der Waals surface area contributed by atoms with Gasteiger partial charge in [0.05, 0.1) is 10.5 Å². The average Bonchev–Trinajstić information content (AvgIpc) is 2.60. The van der Waals surface area contributed by atoms with E-state index in [9.17, 15) is 19.7 Å². The second-order valence-electron chi connectivity index (χ2n) is 6.33. The first-order valence-corrected chi connectivity index (χ1v) is 8.41. The van der Waals surface area contributed by atoms with E-state index in [1.807, 2.05) is 0 Å². The summed E-state index contributed by atoms with van der Waals surface area (Å²) in [6.07, 6.45) is 4.78. The maximum atomic E-state index is 12.2. The number of amides is 1. The third-order valence-electron chi connectivity index (χ3n) is 4.41. The molecule has 2 rings (SSSR count). The molecule has 0 unspecified atom stereocenters. The number of nitrogens with zero attached hydrogens (tertiary/aromatic N) is 1. The van der Waals surface area contributed by atoms with Gasteiger partial charge in [-0.3, -0.25) is 14.9 Å². The lowest BCUT2D eigenvalue weighted by atomic mass is 9.89. The van der Waals surface area contributed by atoms with Gasteiger partial charge in [0.25, 0.3) is 11.6 Å². The molecule has 136 valence electrons. The molecule has 0 saturated heterocycles. The van der Waals surface area contributed by atoms with Gasteiger partial charge < -0.3 is 15.8 Å². The molecule has 1 fully saturated rings. The van der Waals surface area contributed by atoms with Crippen molar-refractivity contribution in [2.24, 2.45) is 5.92 Å². The molecule has 8 nitrogen and oxygen atoms in total. The molecule has 1 aromatic carbocycles. The van der Waals surface area contributed by atoms with E-state index >= 15 is 0 Å². The molecule has 1 amide bonds. The van der Waals surface area contributed by atoms with Gasteiger partial charge in [0.1, 0.15) is 0 Å². The number of carbonyl (C=O) groups is 2. The first-order valence-electron chi connectivity index (χ1n) is 8.41. The van der Waals surface area contributed by atoms with Crippen molar-refractivity contribution >= 4 is 23.3 Å². The van der Waals surface area contributed by atoms with Gasteiger partial charge in [-0.1, -0.05) is 19.3 Å². The van der Waals surface area contributed by atoms with E-state index in [0.717, 1.165) is 18.9 Å². The number of nitro groups is 1. The predicted octanol–water partition coefficient (Wildman–Crippen LogP) is 2.42. The smallest absolute Gasteiger partial charge is 0.341 e. The zero-order chi connectivity index (χ0) is 18.4. The van der Waals surface area contributed by atoms with Crippen LogP contribution in [0.5, 0.6) is 0 Å². The number of anilines is 1. The first-order chi connectivity index (χ1) is 11.9. The molecule has 1 atom stereocenters. The Balaban J connectivity index is 1.91. The van der Waals surface area contributed by atoms with Crippen LogP contribution in [0.25, 0.3) is 0 Å². The molecule has 1 aromatic rings. The summed E-state index contributed by atoms with van der Waals surface area (Å²) < 4.78 is 5.10. The number of hydrogen-bond acceptors (Lipinski definition) is 6. The van der Waals surface area contributed by atoms with Crippen LogP contribution in [-0.4, -0.2) is 29.4 Å². The molecule has 0 aromatic heterocycles. The number of benzene rings is 1. The minimum atomic E-state index is -1.00. The Morgan fingerprint density at radius 3 is 2.68 bits per heavy atom. The molecule has 0 spiro atoms. The standard InChI is InChI=1S/C17H23N3O5/c1-11(16(21)19-10-12-5-3-2-4-6-12)25-17(22)14-9-13(20(23)24)7-8-15(14)18/h7-9,11-12H,2-6,10,18H2,1H3,(H,19,21)/t11-/m0/s1. The van der Waals surface area contributed by atoms with Crippen molar-refractivity contribution in [1.82, 2.24) is 5.32 Å². The average molecular weight is 349 g/mol. The fourth-order valence-corrected chi connectivity index (χ4v) is 2.89. The van der Waals surface area contributed by atoms with Crippen LogP contribution in [0.4, 0.5) is 11.4 Å². The van der Waals surface area contributed by atoms with Crippen LogP contribution in [0, 0.1) is 16.0 Å². The normalized spacial score (nSPS) is 16.0. The van der Waals surface area contributed by atoms with Gasteiger partial charge in [0.15, 0.2) is 6.10 Å². The molecule has 0 aliphatic heterocycles. The van der Waals surface area contributed by atoms with Gasteiger partial charge in [-0.15, -0.1) is 0 Å². The summed E-state index contributed by atoms with van der Waals surface area (Å²) >= 11 is 0. The van der Waals surface area contributed by atoms with Gasteiger partial charge in [-0.05, 0) is 31.7 Å². The fourth-order valence-electron chi connectivity index (χ4n) is 2.89. The zero-order valence-corrected chi connectivity index (χ0v) is 14.2. The molecule has 1 aliphatic carbocycles. The fraction of sp³-hybridized carbons (Fsp3) is 0.529. The lowest BCUT2D eigenvalue weighted by molar-refractivity contribution is -0.384. The first kappa shape index (κ1) is 18.7. The largest absolute Gasteiger partial charge is 0.449 e. The van der Waals surface area contributed by atoms with Crippen molar-refractivity contribution in [3.63, 3.8) is 0 Å². The molecular weight excluding hydrogens is 326 g/mol. The van der Waals surface area contributed by atoms with Crippen LogP contribution in [0.15, 0.2) is 18.2 Å². The number of nitrogen functional groups attached to an aromatic ring is 1. The quantitative estimate of drug-likeness (QED) is 0.352. The Labute approximate surface area is 145 Å². The molecule has 1 aliphatic rings. The Hall–Kier alpha value is -2.64. The van der Waals surface area contributed by atoms with Crippen molar-refractivity contribution in [2.75, 3.05) is 12.3 Å². The summed E-state index contributed by atoms with van der Waals surface area (Å²) in [5, 5.41) is 13.6. The van der Waals surface area contributed by atoms with Gasteiger partial charge in [-0.25, -0.2) is 4.79 Å². The zero-order valence-electron chi connectivity index (χ0n) is 14.2. The van der Waals surface area contributed by atoms with Crippen molar-refractivity contribution in [1.29, 1.82) is 0 Å². The minimum absolute atomic E-state index is 0.0606. The van der Waals surface area contributed by atoms with Crippen molar-refractivity contribution < 1.29 is 19.2 Å². The second kappa shape index (κ2) is 8.46. The summed E-state index contributed by atoms with van der Waals surface area (Å²) in [6.45, 7) is 2.03. The SMILES string of the molecule is C[C@H](OC(=O)c1cc([N+](=O)[O-])ccc1N)C(=O)NCC1CCCCC1. The van der Waals surface area contributed by atoms with Crippen LogP contribution in [0.1, 0.15) is 49.4 Å². The third-order valence-corrected chi connectivity index (χ3v) is 4.41. The molecule has 8 heteroatoms. The number of nitro benzene ring substituents is 1. The molecular formula is C17H23N3O5. The monoisotopic (exact) mass is 349 g/mol. The summed E-state index contributed by atoms with van der Waals surface area (Å²) in [5.41, 5.74) is 5.34. The molecule has 0 bridgehead atoms. The van der Waals surface area contributed by atoms with E-state index < -0.39 is 17.0 Å². The Morgan fingerprint density at radius 2 is 2.04 bits per heavy atom. The number of nitrogens with two attached hydrogens (primary N) is 1. The van der Waals surface area contributed by atoms with Crippen molar-refractivity contribution in [3.8, 4) is 0 Å². The molecule has 0 radical (unpaired) electrons. The van der Waals surface area contributed by atoms with Crippen LogP contribution in [0.3, 0.4) is 0 Å². The maximum absolute atomic E-state index is 12.2. The summed E-state index contributed by atoms with van der Waals surface area (Å²) in [6, 6.07) is 3.51. The van der Waals surface area contributed by atoms with E-state index in [0.29, 0.717) is 12.5 Å². The second-order valence-corrected chi connectivity index (χ2v) is 6.33. The van der Waals surface area contributed by atoms with Crippen molar-refractivity contribution in [2.45, 2.75) is 45.1 Å². The Kier molecular flexibility index (Phi) is 6.32. The van der Waals surface area contributed by atoms with Crippen LogP contribution in [0.2, 0.25) is 0 Å². The highest BCUT2D eigenvalue weighted by molar-refractivity contribution is 5.97. The van der Waals surface area contributed by atoms with Crippen LogP contribution in [-0.2, 0) is 9.53 Å². The van der Waals surface area contributed by atoms with Gasteiger partial charge in [0, 0.05) is 24.4 Å². The number of ether oxygens (including phenoxy) is 1. The molecule has 1 saturated carbocycles. The number of rotatable bonds is 6. The summed E-state index contributed by atoms with van der Waals surface area (Å²) in [7, 11) is 0. The molecule has 3 N–H and O–H groups in total. The van der Waals surface area contributed by atoms with Gasteiger partial charge >= 0.3 is 5.97 Å². The molecule has 0 heterocycles. The van der Waals surface area contributed by atoms with E-state index in [2.05, 4.69) is 5.32 Å². The lowest BCUT2D eigenvalue weighted by Crippen LogP contribution is -2.38. The summed E-state index contributed by atoms with van der Waals surface area (Å²) in [4.78, 5) is 34.4. The van der Waals surface area contributed by atoms with E-state index in [4.69, 9.17) is 10.5 Å². The number of esters is 1. The highest BCUT2D eigenvalue weighted by Gasteiger charge is 2.23. The van der Waals surface area contributed by atoms with Crippen molar-refractivity contribution in [3.05, 3.63) is 33.9 Å². The number of hydrogen-bond donors (Lipinski definition) is 2. The summed E-state index contributed by atoms with van der Waals surface area (Å²) in [5.74, 6) is -0.780. The number of non-ortho nitro benzene ring substituents is 1. The van der Waals surface area contributed by atoms with E-state index in [1.165, 1.54) is 38.3 Å². The van der Waals surface area contributed by atoms with E-state index in [-0.39, 0.29) is 22.8 Å². The predicted molar refractivity (Wildman–Crippen MR) is 92.0 cm³/mol. The van der Waals surface area contributed by atoms with Gasteiger partial charge in [0.2, 0.25) is 0 Å². The molecule has 25 heavy (non-hydrogen) atoms. The highest BCUT2D eigenvalue weighted by atomic mass is 16.6.